The molecule has 0 amide bonds. The van der Waals surface area contributed by atoms with E-state index in [2.05, 4.69) is 11.3 Å². The first-order chi connectivity index (χ1) is 8.95. The maximum absolute atomic E-state index is 11.9. The van der Waals surface area contributed by atoms with E-state index in [0.29, 0.717) is 12.2 Å². The van der Waals surface area contributed by atoms with E-state index in [9.17, 15) is 8.42 Å². The molecule has 0 radical (unpaired) electrons. The SMILES string of the molecule is C=C(C)COCCNS(=O)(=O)c1ccc(C#N)cc1. The van der Waals surface area contributed by atoms with Crippen molar-refractivity contribution in [3.63, 3.8) is 0 Å². The molecule has 0 aromatic heterocycles. The summed E-state index contributed by atoms with van der Waals surface area (Å²) in [7, 11) is -3.55. The standard InChI is InChI=1S/C13H16N2O3S/c1-11(2)10-18-8-7-15-19(16,17)13-5-3-12(9-14)4-6-13/h3-6,15H,1,7-8,10H2,2H3. The lowest BCUT2D eigenvalue weighted by molar-refractivity contribution is 0.162. The average molecular weight is 280 g/mol. The Morgan fingerprint density at radius 3 is 2.58 bits per heavy atom. The minimum absolute atomic E-state index is 0.131. The first kappa shape index (κ1) is 15.4. The number of rotatable bonds is 7. The number of benzene rings is 1. The number of nitrogens with one attached hydrogen (secondary N) is 1. The van der Waals surface area contributed by atoms with Crippen LogP contribution in [-0.4, -0.2) is 28.2 Å². The third kappa shape index (κ3) is 5.22. The molecule has 1 N–H and O–H groups in total. The van der Waals surface area contributed by atoms with Crippen LogP contribution in [0.3, 0.4) is 0 Å². The highest BCUT2D eigenvalue weighted by Crippen LogP contribution is 2.09. The number of hydrogen-bond acceptors (Lipinski definition) is 4. The van der Waals surface area contributed by atoms with Gasteiger partial charge in [-0.15, -0.1) is 0 Å². The first-order valence-electron chi connectivity index (χ1n) is 5.67. The molecule has 0 bridgehead atoms. The minimum atomic E-state index is -3.55. The van der Waals surface area contributed by atoms with Gasteiger partial charge in [0.25, 0.3) is 0 Å². The molecule has 0 saturated carbocycles. The normalized spacial score (nSPS) is 10.9. The summed E-state index contributed by atoms with van der Waals surface area (Å²) in [5, 5.41) is 8.64. The van der Waals surface area contributed by atoms with Gasteiger partial charge in [-0.2, -0.15) is 5.26 Å². The molecule has 1 rings (SSSR count). The van der Waals surface area contributed by atoms with Crippen molar-refractivity contribution in [2.75, 3.05) is 19.8 Å². The lowest BCUT2D eigenvalue weighted by Gasteiger charge is -2.07. The van der Waals surface area contributed by atoms with Crippen molar-refractivity contribution in [2.45, 2.75) is 11.8 Å². The molecule has 0 aliphatic rings. The van der Waals surface area contributed by atoms with Gasteiger partial charge >= 0.3 is 0 Å². The lowest BCUT2D eigenvalue weighted by atomic mass is 10.2. The molecule has 0 spiro atoms. The molecule has 6 heteroatoms. The Kier molecular flexibility index (Phi) is 5.70. The molecule has 0 aliphatic carbocycles. The first-order valence-corrected chi connectivity index (χ1v) is 7.16. The molecule has 0 fully saturated rings. The van der Waals surface area contributed by atoms with Crippen LogP contribution in [0.2, 0.25) is 0 Å². The number of sulfonamides is 1. The summed E-state index contributed by atoms with van der Waals surface area (Å²) in [6, 6.07) is 7.66. The van der Waals surface area contributed by atoms with Crippen molar-refractivity contribution in [1.29, 1.82) is 5.26 Å². The van der Waals surface area contributed by atoms with Gasteiger partial charge in [0.05, 0.1) is 29.7 Å². The van der Waals surface area contributed by atoms with Gasteiger partial charge < -0.3 is 4.74 Å². The fourth-order valence-electron chi connectivity index (χ4n) is 1.29. The van der Waals surface area contributed by atoms with Gasteiger partial charge in [0.1, 0.15) is 0 Å². The number of nitriles is 1. The maximum atomic E-state index is 11.9. The second-order valence-corrected chi connectivity index (χ2v) is 5.81. The summed E-state index contributed by atoms with van der Waals surface area (Å²) in [6.45, 7) is 6.40. The predicted octanol–water partition coefficient (Wildman–Crippen LogP) is 1.43. The highest BCUT2D eigenvalue weighted by Gasteiger charge is 2.12. The fourth-order valence-corrected chi connectivity index (χ4v) is 2.30. The molecular weight excluding hydrogens is 264 g/mol. The van der Waals surface area contributed by atoms with Crippen molar-refractivity contribution >= 4 is 10.0 Å². The molecule has 1 aromatic rings. The summed E-state index contributed by atoms with van der Waals surface area (Å²) in [5.41, 5.74) is 1.30. The second-order valence-electron chi connectivity index (χ2n) is 4.04. The Bertz CT molecular complexity index is 571. The molecule has 0 saturated heterocycles. The van der Waals surface area contributed by atoms with E-state index < -0.39 is 10.0 Å². The monoisotopic (exact) mass is 280 g/mol. The van der Waals surface area contributed by atoms with Gasteiger partial charge in [0, 0.05) is 6.54 Å². The topological polar surface area (TPSA) is 79.2 Å². The molecule has 0 atom stereocenters. The largest absolute Gasteiger partial charge is 0.376 e. The summed E-state index contributed by atoms with van der Waals surface area (Å²) in [4.78, 5) is 0.131. The third-order valence-corrected chi connectivity index (χ3v) is 3.66. The zero-order valence-electron chi connectivity index (χ0n) is 10.7. The van der Waals surface area contributed by atoms with E-state index in [1.807, 2.05) is 13.0 Å². The lowest BCUT2D eigenvalue weighted by Crippen LogP contribution is -2.27. The highest BCUT2D eigenvalue weighted by molar-refractivity contribution is 7.89. The summed E-state index contributed by atoms with van der Waals surface area (Å²) in [6.07, 6.45) is 0. The number of ether oxygens (including phenoxy) is 1. The summed E-state index contributed by atoms with van der Waals surface area (Å²) in [5.74, 6) is 0. The van der Waals surface area contributed by atoms with E-state index in [0.717, 1.165) is 5.57 Å². The van der Waals surface area contributed by atoms with E-state index in [4.69, 9.17) is 10.00 Å². The van der Waals surface area contributed by atoms with Crippen molar-refractivity contribution in [3.05, 3.63) is 42.0 Å². The quantitative estimate of drug-likeness (QED) is 0.605. The Hall–Kier alpha value is -1.68. The van der Waals surface area contributed by atoms with Gasteiger partial charge in [-0.05, 0) is 31.2 Å². The summed E-state index contributed by atoms with van der Waals surface area (Å²) < 4.78 is 31.3. The van der Waals surface area contributed by atoms with E-state index in [1.54, 1.807) is 0 Å². The average Bonchev–Trinajstić information content (AvgIpc) is 2.38. The molecular formula is C13H16N2O3S. The van der Waals surface area contributed by atoms with Crippen LogP contribution in [0.1, 0.15) is 12.5 Å². The molecule has 5 nitrogen and oxygen atoms in total. The maximum Gasteiger partial charge on any atom is 0.240 e. The van der Waals surface area contributed by atoms with Gasteiger partial charge in [0.2, 0.25) is 10.0 Å². The smallest absolute Gasteiger partial charge is 0.240 e. The Morgan fingerprint density at radius 1 is 1.42 bits per heavy atom. The van der Waals surface area contributed by atoms with E-state index in [-0.39, 0.29) is 18.0 Å². The predicted molar refractivity (Wildman–Crippen MR) is 72.0 cm³/mol. The van der Waals surface area contributed by atoms with Crippen LogP contribution in [0.4, 0.5) is 0 Å². The number of hydrogen-bond donors (Lipinski definition) is 1. The van der Waals surface area contributed by atoms with Gasteiger partial charge in [0.15, 0.2) is 0 Å². The minimum Gasteiger partial charge on any atom is -0.376 e. The van der Waals surface area contributed by atoms with Crippen molar-refractivity contribution < 1.29 is 13.2 Å². The molecule has 0 heterocycles. The fraction of sp³-hybridized carbons (Fsp3) is 0.308. The summed E-state index contributed by atoms with van der Waals surface area (Å²) >= 11 is 0. The van der Waals surface area contributed by atoms with Crippen LogP contribution in [-0.2, 0) is 14.8 Å². The van der Waals surface area contributed by atoms with Crippen LogP contribution in [0.15, 0.2) is 41.3 Å². The Balaban J connectivity index is 2.51. The molecule has 0 aliphatic heterocycles. The molecule has 19 heavy (non-hydrogen) atoms. The van der Waals surface area contributed by atoms with Crippen LogP contribution in [0, 0.1) is 11.3 Å². The molecule has 102 valence electrons. The van der Waals surface area contributed by atoms with Crippen molar-refractivity contribution in [1.82, 2.24) is 4.72 Å². The zero-order valence-corrected chi connectivity index (χ0v) is 11.5. The highest BCUT2D eigenvalue weighted by atomic mass is 32.2. The zero-order chi connectivity index (χ0) is 14.3. The van der Waals surface area contributed by atoms with Gasteiger partial charge in [-0.3, -0.25) is 0 Å². The van der Waals surface area contributed by atoms with Crippen LogP contribution < -0.4 is 4.72 Å². The van der Waals surface area contributed by atoms with Crippen molar-refractivity contribution in [3.8, 4) is 6.07 Å². The van der Waals surface area contributed by atoms with E-state index in [1.165, 1.54) is 24.3 Å². The van der Waals surface area contributed by atoms with E-state index >= 15 is 0 Å². The Labute approximate surface area is 113 Å². The Morgan fingerprint density at radius 2 is 2.05 bits per heavy atom. The second kappa shape index (κ2) is 7.04. The molecule has 1 aromatic carbocycles. The van der Waals surface area contributed by atoms with Gasteiger partial charge in [-0.1, -0.05) is 12.2 Å². The molecule has 0 unspecified atom stereocenters. The third-order valence-electron chi connectivity index (χ3n) is 2.18. The van der Waals surface area contributed by atoms with Crippen molar-refractivity contribution in [2.24, 2.45) is 0 Å². The van der Waals surface area contributed by atoms with Gasteiger partial charge in [-0.25, -0.2) is 13.1 Å². The number of nitrogens with zero attached hydrogens (tertiary/aromatic N) is 1. The van der Waals surface area contributed by atoms with Crippen LogP contribution >= 0.6 is 0 Å². The van der Waals surface area contributed by atoms with Crippen LogP contribution in [0.5, 0.6) is 0 Å². The van der Waals surface area contributed by atoms with Crippen LogP contribution in [0.25, 0.3) is 0 Å².